The number of benzene rings is 3. The summed E-state index contributed by atoms with van der Waals surface area (Å²) in [5.74, 6) is -0.283. The van der Waals surface area contributed by atoms with Crippen LogP contribution in [0.2, 0.25) is 0 Å². The van der Waals surface area contributed by atoms with Gasteiger partial charge in [0.1, 0.15) is 17.9 Å². The Hall–Kier alpha value is -3.57. The summed E-state index contributed by atoms with van der Waals surface area (Å²) in [6.07, 6.45) is 1.60. The summed E-state index contributed by atoms with van der Waals surface area (Å²) in [7, 11) is 0. The van der Waals surface area contributed by atoms with E-state index in [1.54, 1.807) is 6.26 Å². The van der Waals surface area contributed by atoms with E-state index in [2.05, 4.69) is 32.9 Å². The van der Waals surface area contributed by atoms with Gasteiger partial charge in [-0.3, -0.25) is 4.79 Å². The standard InChI is InChI=1S/C28H29NO4.C2H6/c1-28(2,3)23-8-7-21(14-26(30)31)25(15-23)33-17-19-12-22-9-10-32-27(22)24(13-19)20-6-4-5-18(11-20)16-29;1-2/h4-13,15H,14,16-17,29H2,1-3H3,(H,30,31);1-2H3. The van der Waals surface area contributed by atoms with E-state index in [0.29, 0.717) is 24.5 Å². The van der Waals surface area contributed by atoms with Crippen LogP contribution in [0.5, 0.6) is 5.75 Å². The number of ether oxygens (including phenoxy) is 1. The summed E-state index contributed by atoms with van der Waals surface area (Å²) in [4.78, 5) is 11.4. The molecule has 3 N–H and O–H groups in total. The van der Waals surface area contributed by atoms with Gasteiger partial charge in [-0.05, 0) is 58.0 Å². The Morgan fingerprint density at radius 3 is 2.46 bits per heavy atom. The number of furan rings is 1. The Morgan fingerprint density at radius 2 is 1.77 bits per heavy atom. The summed E-state index contributed by atoms with van der Waals surface area (Å²) in [5.41, 5.74) is 12.4. The van der Waals surface area contributed by atoms with Crippen molar-refractivity contribution in [3.8, 4) is 16.9 Å². The largest absolute Gasteiger partial charge is 0.489 e. The highest BCUT2D eigenvalue weighted by Gasteiger charge is 2.18. The molecule has 35 heavy (non-hydrogen) atoms. The van der Waals surface area contributed by atoms with Crippen LogP contribution in [0.4, 0.5) is 0 Å². The van der Waals surface area contributed by atoms with Crippen LogP contribution in [-0.2, 0) is 29.8 Å². The van der Waals surface area contributed by atoms with Gasteiger partial charge in [0.2, 0.25) is 0 Å². The normalized spacial score (nSPS) is 11.1. The third-order valence-electron chi connectivity index (χ3n) is 5.75. The van der Waals surface area contributed by atoms with Crippen molar-refractivity contribution in [3.63, 3.8) is 0 Å². The number of hydrogen-bond acceptors (Lipinski definition) is 4. The number of rotatable bonds is 7. The summed E-state index contributed by atoms with van der Waals surface area (Å²) in [5, 5.41) is 10.3. The Bertz CT molecular complexity index is 1300. The van der Waals surface area contributed by atoms with Gasteiger partial charge >= 0.3 is 5.97 Å². The molecule has 1 heterocycles. The van der Waals surface area contributed by atoms with Crippen LogP contribution in [0.1, 0.15) is 56.9 Å². The first-order valence-corrected chi connectivity index (χ1v) is 12.0. The number of fused-ring (bicyclic) bond motifs is 1. The van der Waals surface area contributed by atoms with Crippen LogP contribution in [0, 0.1) is 0 Å². The zero-order valence-electron chi connectivity index (χ0n) is 21.2. The highest BCUT2D eigenvalue weighted by atomic mass is 16.5. The van der Waals surface area contributed by atoms with Crippen molar-refractivity contribution in [2.75, 3.05) is 0 Å². The van der Waals surface area contributed by atoms with Gasteiger partial charge < -0.3 is 20.0 Å². The molecule has 0 aliphatic carbocycles. The first-order chi connectivity index (χ1) is 16.7. The molecule has 184 valence electrons. The monoisotopic (exact) mass is 473 g/mol. The molecular weight excluding hydrogens is 438 g/mol. The minimum Gasteiger partial charge on any atom is -0.489 e. The number of aliphatic carboxylic acids is 1. The van der Waals surface area contributed by atoms with Crippen molar-refractivity contribution in [2.45, 2.75) is 59.6 Å². The topological polar surface area (TPSA) is 85.7 Å². The smallest absolute Gasteiger partial charge is 0.307 e. The van der Waals surface area contributed by atoms with Gasteiger partial charge in [0.15, 0.2) is 0 Å². The quantitative estimate of drug-likeness (QED) is 0.299. The van der Waals surface area contributed by atoms with E-state index < -0.39 is 5.97 Å². The Labute approximate surface area is 207 Å². The fourth-order valence-corrected chi connectivity index (χ4v) is 3.93. The van der Waals surface area contributed by atoms with Crippen LogP contribution < -0.4 is 10.5 Å². The molecule has 0 aliphatic heterocycles. The molecule has 0 saturated heterocycles. The first-order valence-electron chi connectivity index (χ1n) is 12.0. The van der Waals surface area contributed by atoms with Gasteiger partial charge in [-0.1, -0.05) is 65.0 Å². The van der Waals surface area contributed by atoms with E-state index in [1.165, 1.54) is 0 Å². The maximum absolute atomic E-state index is 11.4. The van der Waals surface area contributed by atoms with Crippen LogP contribution in [0.15, 0.2) is 71.3 Å². The van der Waals surface area contributed by atoms with Gasteiger partial charge in [0.25, 0.3) is 0 Å². The first kappa shape index (κ1) is 26.0. The molecule has 0 fully saturated rings. The predicted octanol–water partition coefficient (Wildman–Crippen LogP) is 7.09. The Morgan fingerprint density at radius 1 is 1.00 bits per heavy atom. The number of nitrogens with two attached hydrogens (primary N) is 1. The number of carboxylic acids is 1. The maximum atomic E-state index is 11.4. The molecule has 4 rings (SSSR count). The van der Waals surface area contributed by atoms with Crippen LogP contribution in [0.3, 0.4) is 0 Å². The van der Waals surface area contributed by atoms with Gasteiger partial charge in [0, 0.05) is 23.1 Å². The molecule has 0 atom stereocenters. The summed E-state index contributed by atoms with van der Waals surface area (Å²) >= 11 is 0. The lowest BCUT2D eigenvalue weighted by molar-refractivity contribution is -0.136. The van der Waals surface area contributed by atoms with Gasteiger partial charge in [-0.25, -0.2) is 0 Å². The maximum Gasteiger partial charge on any atom is 0.307 e. The Balaban J connectivity index is 0.00000167. The van der Waals surface area contributed by atoms with Crippen molar-refractivity contribution in [1.29, 1.82) is 0 Å². The predicted molar refractivity (Wildman–Crippen MR) is 142 cm³/mol. The molecule has 0 radical (unpaired) electrons. The lowest BCUT2D eigenvalue weighted by atomic mass is 9.86. The Kier molecular flexibility index (Phi) is 8.36. The van der Waals surface area contributed by atoms with Crippen LogP contribution >= 0.6 is 0 Å². The molecule has 0 bridgehead atoms. The van der Waals surface area contributed by atoms with E-state index >= 15 is 0 Å². The van der Waals surface area contributed by atoms with E-state index in [1.807, 2.05) is 62.4 Å². The van der Waals surface area contributed by atoms with Crippen LogP contribution in [-0.4, -0.2) is 11.1 Å². The summed E-state index contributed by atoms with van der Waals surface area (Å²) < 4.78 is 12.0. The molecule has 0 aliphatic rings. The second-order valence-corrected chi connectivity index (χ2v) is 9.32. The second kappa shape index (κ2) is 11.2. The third kappa shape index (κ3) is 6.31. The fourth-order valence-electron chi connectivity index (χ4n) is 3.93. The van der Waals surface area contributed by atoms with E-state index in [0.717, 1.165) is 38.8 Å². The van der Waals surface area contributed by atoms with Crippen molar-refractivity contribution in [2.24, 2.45) is 5.73 Å². The number of carbonyl (C=O) groups is 1. The van der Waals surface area contributed by atoms with E-state index in [9.17, 15) is 9.90 Å². The molecular formula is C30H35NO4. The molecule has 0 amide bonds. The minimum absolute atomic E-state index is 0.0727. The summed E-state index contributed by atoms with van der Waals surface area (Å²) in [6.45, 7) is 11.1. The van der Waals surface area contributed by atoms with Gasteiger partial charge in [0.05, 0.1) is 12.7 Å². The van der Waals surface area contributed by atoms with Crippen molar-refractivity contribution in [3.05, 3.63) is 89.2 Å². The second-order valence-electron chi connectivity index (χ2n) is 9.32. The van der Waals surface area contributed by atoms with Crippen molar-refractivity contribution >= 4 is 16.9 Å². The highest BCUT2D eigenvalue weighted by Crippen LogP contribution is 2.33. The zero-order valence-corrected chi connectivity index (χ0v) is 21.2. The highest BCUT2D eigenvalue weighted by molar-refractivity contribution is 5.93. The molecule has 5 heteroatoms. The molecule has 0 unspecified atom stereocenters. The van der Waals surface area contributed by atoms with E-state index in [-0.39, 0.29) is 11.8 Å². The zero-order chi connectivity index (χ0) is 25.6. The minimum atomic E-state index is -0.884. The lowest BCUT2D eigenvalue weighted by Crippen LogP contribution is -2.12. The third-order valence-corrected chi connectivity index (χ3v) is 5.75. The van der Waals surface area contributed by atoms with Crippen molar-refractivity contribution in [1.82, 2.24) is 0 Å². The SMILES string of the molecule is CC.CC(C)(C)c1ccc(CC(=O)O)c(OCc2cc(-c3cccc(CN)c3)c3occc3c2)c1. The molecule has 0 saturated carbocycles. The van der Waals surface area contributed by atoms with Gasteiger partial charge in [-0.15, -0.1) is 0 Å². The fraction of sp³-hybridized carbons (Fsp3) is 0.300. The van der Waals surface area contributed by atoms with E-state index in [4.69, 9.17) is 14.9 Å². The lowest BCUT2D eigenvalue weighted by Gasteiger charge is -2.21. The van der Waals surface area contributed by atoms with Crippen LogP contribution in [0.25, 0.3) is 22.1 Å². The molecule has 1 aromatic heterocycles. The summed E-state index contributed by atoms with van der Waals surface area (Å²) in [6, 6.07) is 19.9. The molecule has 3 aromatic carbocycles. The average molecular weight is 474 g/mol. The number of carboxylic acid groups (broad SMARTS) is 1. The molecule has 0 spiro atoms. The van der Waals surface area contributed by atoms with Gasteiger partial charge in [-0.2, -0.15) is 0 Å². The van der Waals surface area contributed by atoms with Crippen molar-refractivity contribution < 1.29 is 19.1 Å². The molecule has 4 aromatic rings. The molecule has 5 nitrogen and oxygen atoms in total. The number of hydrogen-bond donors (Lipinski definition) is 2. The average Bonchev–Trinajstić information content (AvgIpc) is 3.32.